The van der Waals surface area contributed by atoms with Crippen LogP contribution in [-0.4, -0.2) is 54.8 Å². The summed E-state index contributed by atoms with van der Waals surface area (Å²) in [5.41, 5.74) is 1.30. The Bertz CT molecular complexity index is 709. The zero-order chi connectivity index (χ0) is 19.5. The van der Waals surface area contributed by atoms with Crippen molar-refractivity contribution in [1.29, 1.82) is 0 Å². The molecule has 1 N–H and O–H groups in total. The van der Waals surface area contributed by atoms with Gasteiger partial charge in [0.05, 0.1) is 19.2 Å². The minimum atomic E-state index is -0.531. The van der Waals surface area contributed by atoms with Gasteiger partial charge in [-0.2, -0.15) is 0 Å². The fourth-order valence-electron chi connectivity index (χ4n) is 2.21. The molecule has 7 nitrogen and oxygen atoms in total. The van der Waals surface area contributed by atoms with Crippen molar-refractivity contribution in [2.45, 2.75) is 18.6 Å². The van der Waals surface area contributed by atoms with E-state index in [2.05, 4.69) is 15.0 Å². The van der Waals surface area contributed by atoms with Crippen LogP contribution in [0.1, 0.15) is 28.8 Å². The Hall–Kier alpha value is -2.00. The van der Waals surface area contributed by atoms with Crippen molar-refractivity contribution < 1.29 is 23.9 Å². The van der Waals surface area contributed by atoms with Crippen LogP contribution in [0, 0.1) is 0 Å². The molecule has 9 heteroatoms. The lowest BCUT2D eigenvalue weighted by molar-refractivity contribution is -0.140. The number of nitrogens with one attached hydrogen (secondary N) is 1. The molecule has 1 aromatic rings. The number of ether oxygens (including phenoxy) is 2. The fraction of sp³-hybridized carbons (Fsp3) is 0.444. The number of methoxy groups -OCH3 is 1. The van der Waals surface area contributed by atoms with Crippen molar-refractivity contribution >= 4 is 45.7 Å². The smallest absolute Gasteiger partial charge is 0.338 e. The number of rotatable bonds is 9. The maximum atomic E-state index is 12.3. The Morgan fingerprint density at radius 2 is 2.11 bits per heavy atom. The highest BCUT2D eigenvalue weighted by molar-refractivity contribution is 8.38. The van der Waals surface area contributed by atoms with Crippen LogP contribution >= 0.6 is 23.5 Å². The summed E-state index contributed by atoms with van der Waals surface area (Å²) in [6, 6.07) is 7.19. The number of carbonyl (C=O) groups is 3. The van der Waals surface area contributed by atoms with Gasteiger partial charge < -0.3 is 14.8 Å². The lowest BCUT2D eigenvalue weighted by atomic mass is 10.1. The van der Waals surface area contributed by atoms with Crippen LogP contribution in [0.2, 0.25) is 0 Å². The monoisotopic (exact) mass is 410 g/mol. The molecule has 0 bridgehead atoms. The zero-order valence-electron chi connectivity index (χ0n) is 15.1. The number of amides is 1. The van der Waals surface area contributed by atoms with E-state index in [1.54, 1.807) is 35.7 Å². The van der Waals surface area contributed by atoms with Crippen molar-refractivity contribution in [2.75, 3.05) is 32.6 Å². The second kappa shape index (κ2) is 11.7. The van der Waals surface area contributed by atoms with Gasteiger partial charge in [0.25, 0.3) is 5.91 Å². The summed E-state index contributed by atoms with van der Waals surface area (Å²) < 4.78 is 10.7. The molecule has 0 saturated carbocycles. The van der Waals surface area contributed by atoms with E-state index < -0.39 is 11.9 Å². The van der Waals surface area contributed by atoms with Crippen LogP contribution in [0.15, 0.2) is 29.3 Å². The highest BCUT2D eigenvalue weighted by atomic mass is 32.2. The van der Waals surface area contributed by atoms with Crippen LogP contribution < -0.4 is 5.32 Å². The van der Waals surface area contributed by atoms with E-state index in [0.717, 1.165) is 22.2 Å². The van der Waals surface area contributed by atoms with Gasteiger partial charge in [-0.1, -0.05) is 41.7 Å². The Morgan fingerprint density at radius 1 is 1.30 bits per heavy atom. The molecule has 1 aliphatic heterocycles. The lowest BCUT2D eigenvalue weighted by Crippen LogP contribution is -2.30. The van der Waals surface area contributed by atoms with Crippen molar-refractivity contribution in [2.24, 2.45) is 4.99 Å². The second-order valence-corrected chi connectivity index (χ2v) is 7.85. The molecular formula is C18H22N2O5S2. The van der Waals surface area contributed by atoms with Gasteiger partial charge in [-0.3, -0.25) is 14.6 Å². The van der Waals surface area contributed by atoms with Crippen LogP contribution in [0.5, 0.6) is 0 Å². The molecule has 1 heterocycles. The van der Waals surface area contributed by atoms with E-state index in [9.17, 15) is 14.4 Å². The third-order valence-corrected chi connectivity index (χ3v) is 5.89. The van der Waals surface area contributed by atoms with Gasteiger partial charge in [0.1, 0.15) is 4.38 Å². The molecule has 1 aromatic carbocycles. The first-order valence-corrected chi connectivity index (χ1v) is 10.5. The number of nitrogens with zero attached hydrogens (tertiary/aromatic N) is 1. The molecule has 27 heavy (non-hydrogen) atoms. The summed E-state index contributed by atoms with van der Waals surface area (Å²) in [5, 5.41) is 2.60. The SMILES string of the molecule is COC(=O)CCCNC(=O)COC(=O)c1ccccc1CSC1=NCCS1. The van der Waals surface area contributed by atoms with Gasteiger partial charge in [-0.25, -0.2) is 4.79 Å². The van der Waals surface area contributed by atoms with Gasteiger partial charge in [0.2, 0.25) is 0 Å². The highest BCUT2D eigenvalue weighted by Crippen LogP contribution is 2.26. The fourth-order valence-corrected chi connectivity index (χ4v) is 4.22. The lowest BCUT2D eigenvalue weighted by Gasteiger charge is -2.10. The summed E-state index contributed by atoms with van der Waals surface area (Å²) >= 11 is 3.32. The number of hydrogen-bond acceptors (Lipinski definition) is 8. The first-order chi connectivity index (χ1) is 13.1. The molecule has 0 aromatic heterocycles. The number of esters is 2. The molecule has 0 unspecified atom stereocenters. The molecule has 2 rings (SSSR count). The molecule has 0 radical (unpaired) electrons. The molecule has 146 valence electrons. The largest absolute Gasteiger partial charge is 0.469 e. The van der Waals surface area contributed by atoms with Crippen molar-refractivity contribution in [3.8, 4) is 0 Å². The third-order valence-electron chi connectivity index (χ3n) is 3.59. The average Bonchev–Trinajstić information content (AvgIpc) is 3.21. The average molecular weight is 411 g/mol. The molecule has 0 fully saturated rings. The van der Waals surface area contributed by atoms with Gasteiger partial charge in [-0.05, 0) is 18.1 Å². The predicted octanol–water partition coefficient (Wildman–Crippen LogP) is 2.25. The predicted molar refractivity (Wildman–Crippen MR) is 107 cm³/mol. The molecular weight excluding hydrogens is 388 g/mol. The van der Waals surface area contributed by atoms with E-state index in [0.29, 0.717) is 24.3 Å². The Kier molecular flexibility index (Phi) is 9.20. The van der Waals surface area contributed by atoms with Crippen LogP contribution in [-0.2, 0) is 24.8 Å². The Morgan fingerprint density at radius 3 is 2.85 bits per heavy atom. The number of hydrogen-bond donors (Lipinski definition) is 1. The van der Waals surface area contributed by atoms with Gasteiger partial charge in [0.15, 0.2) is 6.61 Å². The van der Waals surface area contributed by atoms with E-state index in [1.165, 1.54) is 7.11 Å². The standard InChI is InChI=1S/C18H22N2O5S2/c1-24-16(22)7-4-8-19-15(21)11-25-17(23)14-6-3-2-5-13(14)12-27-18-20-9-10-26-18/h2-3,5-6H,4,7-12H2,1H3,(H,19,21). The molecule has 1 amide bonds. The number of benzene rings is 1. The molecule has 0 atom stereocenters. The molecule has 0 saturated heterocycles. The number of aliphatic imine (C=N–C) groups is 1. The van der Waals surface area contributed by atoms with Crippen molar-refractivity contribution in [3.63, 3.8) is 0 Å². The maximum Gasteiger partial charge on any atom is 0.338 e. The van der Waals surface area contributed by atoms with Gasteiger partial charge in [-0.15, -0.1) is 0 Å². The summed E-state index contributed by atoms with van der Waals surface area (Å²) in [6.45, 7) is 0.797. The van der Waals surface area contributed by atoms with E-state index in [1.807, 2.05) is 12.1 Å². The van der Waals surface area contributed by atoms with Crippen LogP contribution in [0.25, 0.3) is 0 Å². The van der Waals surface area contributed by atoms with Crippen LogP contribution in [0.3, 0.4) is 0 Å². The van der Waals surface area contributed by atoms with Crippen LogP contribution in [0.4, 0.5) is 0 Å². The summed E-state index contributed by atoms with van der Waals surface area (Å²) in [6.07, 6.45) is 0.694. The topological polar surface area (TPSA) is 94.1 Å². The van der Waals surface area contributed by atoms with E-state index >= 15 is 0 Å². The van der Waals surface area contributed by atoms with Gasteiger partial charge >= 0.3 is 11.9 Å². The first-order valence-electron chi connectivity index (χ1n) is 8.48. The van der Waals surface area contributed by atoms with Crippen molar-refractivity contribution in [3.05, 3.63) is 35.4 Å². The summed E-state index contributed by atoms with van der Waals surface area (Å²) in [4.78, 5) is 39.4. The first kappa shape index (κ1) is 21.3. The molecule has 0 spiro atoms. The number of thioether (sulfide) groups is 2. The molecule has 1 aliphatic rings. The van der Waals surface area contributed by atoms with E-state index in [4.69, 9.17) is 4.74 Å². The maximum absolute atomic E-state index is 12.3. The highest BCUT2D eigenvalue weighted by Gasteiger charge is 2.16. The van der Waals surface area contributed by atoms with E-state index in [-0.39, 0.29) is 19.0 Å². The summed E-state index contributed by atoms with van der Waals surface area (Å²) in [5.74, 6) is 0.359. The Labute approximate surface area is 166 Å². The molecule has 0 aliphatic carbocycles. The zero-order valence-corrected chi connectivity index (χ0v) is 16.7. The minimum Gasteiger partial charge on any atom is -0.469 e. The third kappa shape index (κ3) is 7.64. The minimum absolute atomic E-state index is 0.227. The summed E-state index contributed by atoms with van der Waals surface area (Å²) in [7, 11) is 1.32. The number of carbonyl (C=O) groups excluding carboxylic acids is 3. The Balaban J connectivity index is 1.76. The van der Waals surface area contributed by atoms with Crippen molar-refractivity contribution in [1.82, 2.24) is 5.32 Å². The van der Waals surface area contributed by atoms with Gasteiger partial charge in [0, 0.05) is 24.5 Å². The second-order valence-electron chi connectivity index (χ2n) is 5.55. The quantitative estimate of drug-likeness (QED) is 0.493. The normalized spacial score (nSPS) is 13.0.